The average molecular weight is 349 g/mol. The molecule has 7 heteroatoms. The summed E-state index contributed by atoms with van der Waals surface area (Å²) in [5, 5.41) is 5.38. The molecule has 0 radical (unpaired) electrons. The molecule has 0 saturated heterocycles. The molecule has 2 heterocycles. The standard InChI is InChI=1S/C19H19N5O2/c1-13-6-5-7-14(12-13)16(15-8-3-4-9-20-15)22-19(26)23-17-18(25)24(2)11-10-21-17/h3-12,16H,1-2H3,(H2,21,22,23,26)/t16-/m0/s1. The number of aryl methyl sites for hydroxylation is 2. The van der Waals surface area contributed by atoms with Crippen molar-refractivity contribution in [2.75, 3.05) is 5.32 Å². The van der Waals surface area contributed by atoms with Crippen LogP contribution in [-0.2, 0) is 7.05 Å². The van der Waals surface area contributed by atoms with Crippen molar-refractivity contribution in [3.63, 3.8) is 0 Å². The van der Waals surface area contributed by atoms with Gasteiger partial charge in [0, 0.05) is 25.6 Å². The van der Waals surface area contributed by atoms with Gasteiger partial charge in [0.2, 0.25) is 5.82 Å². The van der Waals surface area contributed by atoms with Gasteiger partial charge in [-0.25, -0.2) is 9.78 Å². The zero-order valence-corrected chi connectivity index (χ0v) is 14.5. The molecule has 132 valence electrons. The number of benzene rings is 1. The highest BCUT2D eigenvalue weighted by Gasteiger charge is 2.19. The number of carbonyl (C=O) groups excluding carboxylic acids is 1. The molecule has 1 atom stereocenters. The number of nitrogens with zero attached hydrogens (tertiary/aromatic N) is 3. The number of carbonyl (C=O) groups is 1. The van der Waals surface area contributed by atoms with E-state index in [0.29, 0.717) is 5.69 Å². The normalized spacial score (nSPS) is 11.6. The molecule has 0 fully saturated rings. The third kappa shape index (κ3) is 3.94. The Kier molecular flexibility index (Phi) is 5.07. The van der Waals surface area contributed by atoms with Gasteiger partial charge >= 0.3 is 6.03 Å². The van der Waals surface area contributed by atoms with Crippen LogP contribution in [0.25, 0.3) is 0 Å². The summed E-state index contributed by atoms with van der Waals surface area (Å²) in [7, 11) is 1.59. The van der Waals surface area contributed by atoms with Crippen LogP contribution in [0.3, 0.4) is 0 Å². The summed E-state index contributed by atoms with van der Waals surface area (Å²) in [4.78, 5) is 32.8. The lowest BCUT2D eigenvalue weighted by Crippen LogP contribution is -2.36. The van der Waals surface area contributed by atoms with Gasteiger partial charge in [-0.15, -0.1) is 0 Å². The molecule has 2 amide bonds. The summed E-state index contributed by atoms with van der Waals surface area (Å²) in [5.74, 6) is -0.0310. The van der Waals surface area contributed by atoms with Crippen LogP contribution < -0.4 is 16.2 Å². The minimum atomic E-state index is -0.530. The molecule has 2 aromatic heterocycles. The monoisotopic (exact) mass is 349 g/mol. The molecule has 0 saturated carbocycles. The number of urea groups is 1. The number of hydrogen-bond acceptors (Lipinski definition) is 4. The first kappa shape index (κ1) is 17.3. The van der Waals surface area contributed by atoms with Crippen molar-refractivity contribution in [2.45, 2.75) is 13.0 Å². The minimum absolute atomic E-state index is 0.0310. The van der Waals surface area contributed by atoms with E-state index >= 15 is 0 Å². The van der Waals surface area contributed by atoms with E-state index in [9.17, 15) is 9.59 Å². The largest absolute Gasteiger partial charge is 0.325 e. The molecule has 3 aromatic rings. The van der Waals surface area contributed by atoms with Crippen LogP contribution in [0.2, 0.25) is 0 Å². The van der Waals surface area contributed by atoms with Gasteiger partial charge in [0.05, 0.1) is 11.7 Å². The van der Waals surface area contributed by atoms with Gasteiger partial charge in [0.15, 0.2) is 0 Å². The first-order valence-corrected chi connectivity index (χ1v) is 8.11. The van der Waals surface area contributed by atoms with Gasteiger partial charge in [-0.1, -0.05) is 35.9 Å². The number of pyridine rings is 1. The number of aromatic nitrogens is 3. The second-order valence-electron chi connectivity index (χ2n) is 5.89. The summed E-state index contributed by atoms with van der Waals surface area (Å²) in [5.41, 5.74) is 2.28. The van der Waals surface area contributed by atoms with E-state index in [1.807, 2.05) is 49.4 Å². The maximum absolute atomic E-state index is 12.5. The van der Waals surface area contributed by atoms with Gasteiger partial charge in [-0.2, -0.15) is 0 Å². The Morgan fingerprint density at radius 1 is 1.12 bits per heavy atom. The quantitative estimate of drug-likeness (QED) is 0.757. The van der Waals surface area contributed by atoms with Gasteiger partial charge in [-0.05, 0) is 24.6 Å². The molecule has 0 spiro atoms. The van der Waals surface area contributed by atoms with Gasteiger partial charge in [-0.3, -0.25) is 15.1 Å². The highest BCUT2D eigenvalue weighted by Crippen LogP contribution is 2.21. The average Bonchev–Trinajstić information content (AvgIpc) is 2.64. The Morgan fingerprint density at radius 3 is 2.69 bits per heavy atom. The van der Waals surface area contributed by atoms with Crippen LogP contribution in [-0.4, -0.2) is 20.6 Å². The third-order valence-corrected chi connectivity index (χ3v) is 3.88. The van der Waals surface area contributed by atoms with Gasteiger partial charge < -0.3 is 9.88 Å². The molecule has 0 bridgehead atoms. The van der Waals surface area contributed by atoms with E-state index in [4.69, 9.17) is 0 Å². The van der Waals surface area contributed by atoms with Crippen molar-refractivity contribution in [1.82, 2.24) is 19.9 Å². The fraction of sp³-hybridized carbons (Fsp3) is 0.158. The SMILES string of the molecule is Cc1cccc([C@H](NC(=O)Nc2nccn(C)c2=O)c2ccccn2)c1. The van der Waals surface area contributed by atoms with Crippen LogP contribution in [0.15, 0.2) is 65.8 Å². The summed E-state index contributed by atoms with van der Waals surface area (Å²) < 4.78 is 1.35. The Balaban J connectivity index is 1.87. The summed E-state index contributed by atoms with van der Waals surface area (Å²) in [6, 6.07) is 12.3. The molecule has 26 heavy (non-hydrogen) atoms. The molecular formula is C19H19N5O2. The smallest absolute Gasteiger partial charge is 0.321 e. The Hall–Kier alpha value is -3.48. The molecule has 3 rings (SSSR count). The highest BCUT2D eigenvalue weighted by atomic mass is 16.2. The van der Waals surface area contributed by atoms with Crippen molar-refractivity contribution >= 4 is 11.8 Å². The Bertz CT molecular complexity index is 969. The molecule has 2 N–H and O–H groups in total. The van der Waals surface area contributed by atoms with Crippen LogP contribution in [0.1, 0.15) is 22.9 Å². The second-order valence-corrected chi connectivity index (χ2v) is 5.89. The number of anilines is 1. The first-order chi connectivity index (χ1) is 12.5. The maximum atomic E-state index is 12.5. The van der Waals surface area contributed by atoms with E-state index in [0.717, 1.165) is 11.1 Å². The Labute approximate surface area is 150 Å². The van der Waals surface area contributed by atoms with Crippen LogP contribution in [0.4, 0.5) is 10.6 Å². The van der Waals surface area contributed by atoms with E-state index in [1.54, 1.807) is 13.2 Å². The number of rotatable bonds is 4. The molecule has 7 nitrogen and oxygen atoms in total. The topological polar surface area (TPSA) is 88.9 Å². The lowest BCUT2D eigenvalue weighted by molar-refractivity contribution is 0.249. The van der Waals surface area contributed by atoms with Crippen molar-refractivity contribution in [3.8, 4) is 0 Å². The fourth-order valence-electron chi connectivity index (χ4n) is 2.58. The maximum Gasteiger partial charge on any atom is 0.321 e. The van der Waals surface area contributed by atoms with E-state index < -0.39 is 12.1 Å². The third-order valence-electron chi connectivity index (χ3n) is 3.88. The van der Waals surface area contributed by atoms with Gasteiger partial charge in [0.1, 0.15) is 0 Å². The predicted molar refractivity (Wildman–Crippen MR) is 98.9 cm³/mol. The van der Waals surface area contributed by atoms with Crippen LogP contribution >= 0.6 is 0 Å². The van der Waals surface area contributed by atoms with Crippen LogP contribution in [0, 0.1) is 6.92 Å². The van der Waals surface area contributed by atoms with E-state index in [2.05, 4.69) is 20.6 Å². The van der Waals surface area contributed by atoms with Crippen molar-refractivity contribution in [2.24, 2.45) is 7.05 Å². The number of nitrogens with one attached hydrogen (secondary N) is 2. The summed E-state index contributed by atoms with van der Waals surface area (Å²) >= 11 is 0. The van der Waals surface area contributed by atoms with E-state index in [-0.39, 0.29) is 11.4 Å². The first-order valence-electron chi connectivity index (χ1n) is 8.11. The van der Waals surface area contributed by atoms with Crippen molar-refractivity contribution in [3.05, 3.63) is 88.2 Å². The number of amides is 2. The molecule has 0 unspecified atom stereocenters. The Morgan fingerprint density at radius 2 is 1.96 bits per heavy atom. The zero-order chi connectivity index (χ0) is 18.5. The second kappa shape index (κ2) is 7.60. The molecule has 1 aromatic carbocycles. The zero-order valence-electron chi connectivity index (χ0n) is 14.5. The molecular weight excluding hydrogens is 330 g/mol. The lowest BCUT2D eigenvalue weighted by Gasteiger charge is -2.19. The highest BCUT2D eigenvalue weighted by molar-refractivity contribution is 5.88. The predicted octanol–water partition coefficient (Wildman–Crippen LogP) is 2.39. The summed E-state index contributed by atoms with van der Waals surface area (Å²) in [6.07, 6.45) is 4.65. The molecule has 0 aliphatic carbocycles. The van der Waals surface area contributed by atoms with Crippen LogP contribution in [0.5, 0.6) is 0 Å². The van der Waals surface area contributed by atoms with Crippen molar-refractivity contribution in [1.29, 1.82) is 0 Å². The lowest BCUT2D eigenvalue weighted by atomic mass is 10.0. The minimum Gasteiger partial charge on any atom is -0.325 e. The number of hydrogen-bond donors (Lipinski definition) is 2. The molecule has 0 aliphatic rings. The van der Waals surface area contributed by atoms with Crippen molar-refractivity contribution < 1.29 is 4.79 Å². The molecule has 0 aliphatic heterocycles. The summed E-state index contributed by atoms with van der Waals surface area (Å²) in [6.45, 7) is 1.98. The fourth-order valence-corrected chi connectivity index (χ4v) is 2.58. The van der Waals surface area contributed by atoms with Gasteiger partial charge in [0.25, 0.3) is 5.56 Å². The van der Waals surface area contributed by atoms with E-state index in [1.165, 1.54) is 17.0 Å².